The average molecular weight is 490 g/mol. The molecule has 5 rings (SSSR count). The lowest BCUT2D eigenvalue weighted by Gasteiger charge is -2.48. The molecule has 2 aliphatic rings. The van der Waals surface area contributed by atoms with E-state index >= 15 is 0 Å². The summed E-state index contributed by atoms with van der Waals surface area (Å²) in [6.07, 6.45) is 2.70. The largest absolute Gasteiger partial charge is 0.275 e. The fraction of sp³-hybridized carbons (Fsp3) is 0.200. The van der Waals surface area contributed by atoms with Gasteiger partial charge in [0.25, 0.3) is 0 Å². The topological polar surface area (TPSA) is 75.8 Å². The number of rotatable bonds is 6. The standard InChI is InChI=1S/C30H27N5O2/c1-21-12-14-22(15-13-21)18-33(29-27-10-6-4-8-25(27)23(16-31)19-34(29)36-2)30-28-11-7-5-9-26(28)24(17-32)20-35(30)37-3/h4-15,19-20,29-30H,18H2,1-3H3. The van der Waals surface area contributed by atoms with Crippen molar-refractivity contribution in [3.63, 3.8) is 0 Å². The zero-order chi connectivity index (χ0) is 25.9. The van der Waals surface area contributed by atoms with Gasteiger partial charge in [0.2, 0.25) is 0 Å². The zero-order valence-corrected chi connectivity index (χ0v) is 21.0. The number of aryl methyl sites for hydroxylation is 1. The molecule has 0 saturated carbocycles. The SMILES string of the molecule is CON1C=C(C#N)c2ccccc2C1N(Cc1ccc(C)cc1)C1c2ccccc2C(C#N)=CN1OC. The average Bonchev–Trinajstić information content (AvgIpc) is 2.95. The highest BCUT2D eigenvalue weighted by Crippen LogP contribution is 2.45. The minimum absolute atomic E-state index is 0.396. The highest BCUT2D eigenvalue weighted by Gasteiger charge is 2.41. The van der Waals surface area contributed by atoms with E-state index in [4.69, 9.17) is 9.68 Å². The lowest BCUT2D eigenvalue weighted by atomic mass is 9.92. The first-order valence-electron chi connectivity index (χ1n) is 12.0. The molecule has 2 atom stereocenters. The molecular weight excluding hydrogens is 462 g/mol. The van der Waals surface area contributed by atoms with Gasteiger partial charge < -0.3 is 0 Å². The van der Waals surface area contributed by atoms with E-state index in [0.717, 1.165) is 27.8 Å². The summed E-state index contributed by atoms with van der Waals surface area (Å²) in [6, 6.07) is 28.9. The highest BCUT2D eigenvalue weighted by atomic mass is 16.7. The Morgan fingerprint density at radius 1 is 0.730 bits per heavy atom. The molecule has 184 valence electrons. The van der Waals surface area contributed by atoms with Crippen LogP contribution in [-0.2, 0) is 16.2 Å². The predicted octanol–water partition coefficient (Wildman–Crippen LogP) is 5.68. The van der Waals surface area contributed by atoms with Crippen LogP contribution in [0.15, 0.2) is 85.2 Å². The van der Waals surface area contributed by atoms with Crippen LogP contribution in [-0.4, -0.2) is 29.2 Å². The number of benzene rings is 3. The Morgan fingerprint density at radius 2 is 1.19 bits per heavy atom. The van der Waals surface area contributed by atoms with Gasteiger partial charge in [-0.3, -0.25) is 9.68 Å². The van der Waals surface area contributed by atoms with E-state index in [2.05, 4.69) is 48.2 Å². The van der Waals surface area contributed by atoms with Crippen molar-refractivity contribution in [2.45, 2.75) is 25.8 Å². The zero-order valence-electron chi connectivity index (χ0n) is 21.0. The molecule has 0 N–H and O–H groups in total. The molecule has 0 fully saturated rings. The third-order valence-corrected chi connectivity index (χ3v) is 6.83. The Hall–Kier alpha value is -4.40. The van der Waals surface area contributed by atoms with Crippen molar-refractivity contribution in [3.05, 3.63) is 119 Å². The Balaban J connectivity index is 1.73. The first-order chi connectivity index (χ1) is 18.1. The Labute approximate surface area is 217 Å². The molecule has 2 unspecified atom stereocenters. The fourth-order valence-electron chi connectivity index (χ4n) is 5.09. The maximum absolute atomic E-state index is 9.87. The van der Waals surface area contributed by atoms with Gasteiger partial charge in [-0.25, -0.2) is 15.0 Å². The van der Waals surface area contributed by atoms with Gasteiger partial charge in [0.05, 0.1) is 25.4 Å². The van der Waals surface area contributed by atoms with Crippen molar-refractivity contribution in [1.82, 2.24) is 15.0 Å². The predicted molar refractivity (Wildman–Crippen MR) is 140 cm³/mol. The van der Waals surface area contributed by atoms with Crippen molar-refractivity contribution in [1.29, 1.82) is 10.5 Å². The molecule has 0 aromatic heterocycles. The molecule has 3 aromatic rings. The molecule has 3 aromatic carbocycles. The molecule has 0 aliphatic carbocycles. The molecule has 2 heterocycles. The Kier molecular flexibility index (Phi) is 6.76. The summed E-state index contributed by atoms with van der Waals surface area (Å²) in [6.45, 7) is 2.61. The summed E-state index contributed by atoms with van der Waals surface area (Å²) >= 11 is 0. The van der Waals surface area contributed by atoms with Crippen LogP contribution < -0.4 is 0 Å². The van der Waals surface area contributed by atoms with Gasteiger partial charge in [-0.1, -0.05) is 78.4 Å². The van der Waals surface area contributed by atoms with Gasteiger partial charge in [-0.15, -0.1) is 0 Å². The maximum atomic E-state index is 9.87. The van der Waals surface area contributed by atoms with Crippen LogP contribution in [0.25, 0.3) is 11.1 Å². The molecule has 0 bridgehead atoms. The van der Waals surface area contributed by atoms with Crippen molar-refractivity contribution < 1.29 is 9.68 Å². The molecule has 0 spiro atoms. The van der Waals surface area contributed by atoms with Crippen LogP contribution >= 0.6 is 0 Å². The first-order valence-corrected chi connectivity index (χ1v) is 12.0. The van der Waals surface area contributed by atoms with Crippen LogP contribution in [0.2, 0.25) is 0 Å². The smallest absolute Gasteiger partial charge is 0.136 e. The lowest BCUT2D eigenvalue weighted by Crippen LogP contribution is -2.47. The minimum atomic E-state index is -0.396. The van der Waals surface area contributed by atoms with Gasteiger partial charge in [0, 0.05) is 41.2 Å². The summed E-state index contributed by atoms with van der Waals surface area (Å²) in [7, 11) is 3.21. The summed E-state index contributed by atoms with van der Waals surface area (Å²) in [4.78, 5) is 14.0. The minimum Gasteiger partial charge on any atom is -0.275 e. The van der Waals surface area contributed by atoms with E-state index in [9.17, 15) is 10.5 Å². The summed E-state index contributed by atoms with van der Waals surface area (Å²) in [5.74, 6) is 0. The van der Waals surface area contributed by atoms with Gasteiger partial charge in [0.15, 0.2) is 0 Å². The molecular formula is C30H27N5O2. The van der Waals surface area contributed by atoms with Crippen LogP contribution in [0.5, 0.6) is 0 Å². The Bertz CT molecular complexity index is 1360. The van der Waals surface area contributed by atoms with Crippen molar-refractivity contribution in [2.24, 2.45) is 0 Å². The van der Waals surface area contributed by atoms with Gasteiger partial charge in [-0.2, -0.15) is 10.5 Å². The quantitative estimate of drug-likeness (QED) is 0.441. The molecule has 37 heavy (non-hydrogen) atoms. The number of hydroxylamine groups is 4. The monoisotopic (exact) mass is 489 g/mol. The lowest BCUT2D eigenvalue weighted by molar-refractivity contribution is -0.229. The molecule has 2 aliphatic heterocycles. The van der Waals surface area contributed by atoms with Gasteiger partial charge in [-0.05, 0) is 12.5 Å². The van der Waals surface area contributed by atoms with Crippen molar-refractivity contribution >= 4 is 11.1 Å². The second-order valence-electron chi connectivity index (χ2n) is 8.97. The molecule has 0 saturated heterocycles. The van der Waals surface area contributed by atoms with Crippen molar-refractivity contribution in [2.75, 3.05) is 14.2 Å². The maximum Gasteiger partial charge on any atom is 0.136 e. The number of allylic oxidation sites excluding steroid dienone is 2. The third kappa shape index (κ3) is 4.37. The number of nitrogens with zero attached hydrogens (tertiary/aromatic N) is 5. The van der Waals surface area contributed by atoms with E-state index < -0.39 is 12.3 Å². The molecule has 7 heteroatoms. The first kappa shape index (κ1) is 24.3. The summed E-state index contributed by atoms with van der Waals surface area (Å²) < 4.78 is 0. The number of hydrogen-bond donors (Lipinski definition) is 0. The van der Waals surface area contributed by atoms with Crippen molar-refractivity contribution in [3.8, 4) is 12.1 Å². The molecule has 0 radical (unpaired) electrons. The number of fused-ring (bicyclic) bond motifs is 2. The third-order valence-electron chi connectivity index (χ3n) is 6.83. The van der Waals surface area contributed by atoms with Crippen LogP contribution in [0.1, 0.15) is 45.7 Å². The number of nitriles is 2. The second-order valence-corrected chi connectivity index (χ2v) is 8.97. The second kappa shape index (κ2) is 10.3. The van der Waals surface area contributed by atoms with Crippen LogP contribution in [0, 0.1) is 29.6 Å². The Morgan fingerprint density at radius 3 is 1.62 bits per heavy atom. The van der Waals surface area contributed by atoms with E-state index in [1.165, 1.54) is 5.56 Å². The van der Waals surface area contributed by atoms with E-state index in [-0.39, 0.29) is 0 Å². The van der Waals surface area contributed by atoms with Gasteiger partial charge >= 0.3 is 0 Å². The van der Waals surface area contributed by atoms with E-state index in [0.29, 0.717) is 17.7 Å². The fourth-order valence-corrected chi connectivity index (χ4v) is 5.09. The summed E-state index contributed by atoms with van der Waals surface area (Å²) in [5, 5.41) is 23.2. The van der Waals surface area contributed by atoms with Crippen LogP contribution in [0.4, 0.5) is 0 Å². The highest BCUT2D eigenvalue weighted by molar-refractivity contribution is 5.81. The van der Waals surface area contributed by atoms with E-state index in [1.807, 2.05) is 48.5 Å². The number of hydrogen-bond acceptors (Lipinski definition) is 7. The van der Waals surface area contributed by atoms with E-state index in [1.54, 1.807) is 36.7 Å². The summed E-state index contributed by atoms with van der Waals surface area (Å²) in [5.41, 5.74) is 6.96. The molecule has 0 amide bonds. The van der Waals surface area contributed by atoms with Gasteiger partial charge in [0.1, 0.15) is 24.5 Å². The van der Waals surface area contributed by atoms with Crippen LogP contribution in [0.3, 0.4) is 0 Å². The molecule has 7 nitrogen and oxygen atoms in total. The normalized spacial score (nSPS) is 18.3.